The van der Waals surface area contributed by atoms with E-state index in [1.54, 1.807) is 0 Å². The van der Waals surface area contributed by atoms with Crippen molar-refractivity contribution in [2.24, 2.45) is 5.92 Å². The predicted octanol–water partition coefficient (Wildman–Crippen LogP) is 5.95. The molecule has 2 heterocycles. The molecule has 2 aliphatic rings. The Hall–Kier alpha value is 0.250. The summed E-state index contributed by atoms with van der Waals surface area (Å²) < 4.78 is 6.52. The van der Waals surface area contributed by atoms with Crippen LogP contribution in [0, 0.1) is 5.92 Å². The number of Topliss-reactive ketones (excluding diaryl/α,β-unsaturated/α-hetero) is 1. The lowest BCUT2D eigenvalue weighted by Gasteiger charge is -2.40. The van der Waals surface area contributed by atoms with Crippen LogP contribution in [0.5, 0.6) is 0 Å². The summed E-state index contributed by atoms with van der Waals surface area (Å²) in [6, 6.07) is 10.3. The zero-order chi connectivity index (χ0) is 19.0. The molecule has 0 bridgehead atoms. The van der Waals surface area contributed by atoms with Gasteiger partial charge in [0.25, 0.3) is 0 Å². The second-order valence-electron chi connectivity index (χ2n) is 7.21. The number of carbonyl (C=O) groups is 1. The van der Waals surface area contributed by atoms with Gasteiger partial charge in [-0.15, -0.1) is 47.0 Å². The minimum atomic E-state index is -0.00395. The van der Waals surface area contributed by atoms with E-state index in [1.807, 2.05) is 53.1 Å². The third-order valence-electron chi connectivity index (χ3n) is 4.95. The Morgan fingerprint density at radius 1 is 1.11 bits per heavy atom. The van der Waals surface area contributed by atoms with E-state index in [-0.39, 0.29) is 4.08 Å². The van der Waals surface area contributed by atoms with E-state index in [0.717, 1.165) is 24.5 Å². The molecule has 0 amide bonds. The number of hydrogen-bond acceptors (Lipinski definition) is 6. The topological polar surface area (TPSA) is 26.3 Å². The number of carbonyl (C=O) groups excluding carboxylic acids is 1. The van der Waals surface area contributed by atoms with Crippen LogP contribution in [0.3, 0.4) is 0 Å². The van der Waals surface area contributed by atoms with Crippen LogP contribution in [0.4, 0.5) is 0 Å². The highest BCUT2D eigenvalue weighted by atomic mass is 32.2. The molecule has 1 atom stereocenters. The highest BCUT2D eigenvalue weighted by Gasteiger charge is 2.41. The third-order valence-corrected chi connectivity index (χ3v) is 11.7. The Morgan fingerprint density at radius 2 is 1.78 bits per heavy atom. The first kappa shape index (κ1) is 21.9. The molecule has 0 aliphatic carbocycles. The average molecular weight is 443 g/mol. The Kier molecular flexibility index (Phi) is 9.30. The maximum atomic E-state index is 12.9. The Morgan fingerprint density at radius 3 is 2.48 bits per heavy atom. The quantitative estimate of drug-likeness (QED) is 0.469. The molecule has 1 aromatic carbocycles. The fourth-order valence-electron chi connectivity index (χ4n) is 3.39. The Bertz CT molecular complexity index is 569. The molecule has 0 spiro atoms. The van der Waals surface area contributed by atoms with Crippen molar-refractivity contribution in [2.45, 2.75) is 47.9 Å². The van der Waals surface area contributed by atoms with Crippen molar-refractivity contribution in [1.82, 2.24) is 0 Å². The van der Waals surface area contributed by atoms with Crippen molar-refractivity contribution in [3.63, 3.8) is 0 Å². The van der Waals surface area contributed by atoms with Crippen molar-refractivity contribution in [2.75, 3.05) is 29.6 Å². The lowest BCUT2D eigenvalue weighted by Crippen LogP contribution is -2.38. The van der Waals surface area contributed by atoms with E-state index < -0.39 is 0 Å². The van der Waals surface area contributed by atoms with Gasteiger partial charge < -0.3 is 4.74 Å². The van der Waals surface area contributed by atoms with E-state index in [9.17, 15) is 4.79 Å². The van der Waals surface area contributed by atoms with Crippen LogP contribution in [-0.2, 0) is 16.1 Å². The summed E-state index contributed by atoms with van der Waals surface area (Å²) in [5.41, 5.74) is 1.21. The van der Waals surface area contributed by atoms with Gasteiger partial charge in [0, 0.05) is 18.8 Å². The first-order chi connectivity index (χ1) is 13.2. The van der Waals surface area contributed by atoms with E-state index in [2.05, 4.69) is 31.2 Å². The van der Waals surface area contributed by atoms with Gasteiger partial charge in [-0.05, 0) is 41.4 Å². The molecule has 0 saturated carbocycles. The van der Waals surface area contributed by atoms with Crippen LogP contribution >= 0.6 is 47.0 Å². The van der Waals surface area contributed by atoms with Gasteiger partial charge in [0.1, 0.15) is 5.78 Å². The molecule has 2 nitrogen and oxygen atoms in total. The molecule has 0 radical (unpaired) electrons. The van der Waals surface area contributed by atoms with Crippen LogP contribution in [-0.4, -0.2) is 44.1 Å². The van der Waals surface area contributed by atoms with Crippen molar-refractivity contribution in [3.8, 4) is 0 Å². The fraction of sp³-hybridized carbons (Fsp3) is 0.667. The smallest absolute Gasteiger partial charge is 0.137 e. The highest BCUT2D eigenvalue weighted by molar-refractivity contribution is 8.19. The lowest BCUT2D eigenvalue weighted by atomic mass is 10.0. The molecule has 2 saturated heterocycles. The molecule has 150 valence electrons. The van der Waals surface area contributed by atoms with Crippen LogP contribution in [0.25, 0.3) is 0 Å². The maximum absolute atomic E-state index is 12.9. The van der Waals surface area contributed by atoms with Gasteiger partial charge in [-0.1, -0.05) is 37.3 Å². The molecule has 3 rings (SSSR count). The first-order valence-electron chi connectivity index (χ1n) is 9.82. The predicted molar refractivity (Wildman–Crippen MR) is 125 cm³/mol. The van der Waals surface area contributed by atoms with Gasteiger partial charge in [-0.25, -0.2) is 0 Å². The van der Waals surface area contributed by atoms with Crippen LogP contribution in [0.15, 0.2) is 30.3 Å². The monoisotopic (exact) mass is 442 g/mol. The number of benzene rings is 1. The van der Waals surface area contributed by atoms with Crippen molar-refractivity contribution < 1.29 is 9.53 Å². The Balaban J connectivity index is 1.53. The van der Waals surface area contributed by atoms with Gasteiger partial charge >= 0.3 is 0 Å². The summed E-state index contributed by atoms with van der Waals surface area (Å²) in [5, 5.41) is 0. The second kappa shape index (κ2) is 11.4. The molecule has 2 fully saturated rings. The fourth-order valence-corrected chi connectivity index (χ4v) is 9.81. The largest absolute Gasteiger partial charge is 0.376 e. The minimum Gasteiger partial charge on any atom is -0.376 e. The van der Waals surface area contributed by atoms with Gasteiger partial charge in [-0.3, -0.25) is 4.79 Å². The van der Waals surface area contributed by atoms with Crippen molar-refractivity contribution in [3.05, 3.63) is 35.9 Å². The third kappa shape index (κ3) is 6.91. The minimum absolute atomic E-state index is 0.00395. The van der Waals surface area contributed by atoms with Crippen molar-refractivity contribution >= 4 is 52.8 Å². The molecular weight excluding hydrogens is 412 g/mol. The van der Waals surface area contributed by atoms with Gasteiger partial charge in [0.15, 0.2) is 0 Å². The summed E-state index contributed by atoms with van der Waals surface area (Å²) >= 11 is 7.96. The summed E-state index contributed by atoms with van der Waals surface area (Å²) in [6.45, 7) is 3.64. The molecule has 0 unspecified atom stereocenters. The highest BCUT2D eigenvalue weighted by Crippen LogP contribution is 2.50. The Labute approximate surface area is 181 Å². The zero-order valence-electron chi connectivity index (χ0n) is 16.1. The SMILES string of the molecule is C[C@H](COCc1ccccc1)C1(CC(=O)CC2SCCCS2)SCCCS1. The van der Waals surface area contributed by atoms with E-state index >= 15 is 0 Å². The van der Waals surface area contributed by atoms with E-state index in [4.69, 9.17) is 4.74 Å². The van der Waals surface area contributed by atoms with Crippen molar-refractivity contribution in [1.29, 1.82) is 0 Å². The summed E-state index contributed by atoms with van der Waals surface area (Å²) in [6.07, 6.45) is 3.95. The standard InChI is InChI=1S/C21H30O2S4/c1-17(15-23-16-18-7-3-2-4-8-18)21(26-11-6-12-27-21)14-19(22)13-20-24-9-5-10-25-20/h2-4,7-8,17,20H,5-6,9-16H2,1H3/t17-/m1/s1. The summed E-state index contributed by atoms with van der Waals surface area (Å²) in [7, 11) is 0. The lowest BCUT2D eigenvalue weighted by molar-refractivity contribution is -0.119. The van der Waals surface area contributed by atoms with Crippen LogP contribution in [0.1, 0.15) is 38.2 Å². The number of hydrogen-bond donors (Lipinski definition) is 0. The molecule has 6 heteroatoms. The zero-order valence-corrected chi connectivity index (χ0v) is 19.3. The number of ether oxygens (including phenoxy) is 1. The second-order valence-corrected chi connectivity index (χ2v) is 13.2. The summed E-state index contributed by atoms with van der Waals surface area (Å²) in [5.74, 6) is 5.56. The first-order valence-corrected chi connectivity index (χ1v) is 13.9. The molecule has 1 aromatic rings. The molecule has 27 heavy (non-hydrogen) atoms. The van der Waals surface area contributed by atoms with Gasteiger partial charge in [0.2, 0.25) is 0 Å². The number of ketones is 1. The maximum Gasteiger partial charge on any atom is 0.137 e. The molecular formula is C21H30O2S4. The summed E-state index contributed by atoms with van der Waals surface area (Å²) in [4.78, 5) is 12.9. The van der Waals surface area contributed by atoms with Crippen LogP contribution in [0.2, 0.25) is 0 Å². The van der Waals surface area contributed by atoms with E-state index in [1.165, 1.54) is 29.9 Å². The van der Waals surface area contributed by atoms with E-state index in [0.29, 0.717) is 29.3 Å². The van der Waals surface area contributed by atoms with Gasteiger partial charge in [-0.2, -0.15) is 0 Å². The number of rotatable bonds is 9. The molecule has 0 N–H and O–H groups in total. The molecule has 0 aromatic heterocycles. The normalized spacial score (nSPS) is 21.7. The number of thioether (sulfide) groups is 4. The van der Waals surface area contributed by atoms with Gasteiger partial charge in [0.05, 0.1) is 21.9 Å². The average Bonchev–Trinajstić information content (AvgIpc) is 2.70. The van der Waals surface area contributed by atoms with Crippen LogP contribution < -0.4 is 0 Å². The molecule has 2 aliphatic heterocycles.